The van der Waals surface area contributed by atoms with Crippen LogP contribution in [0.15, 0.2) is 10.6 Å². The molecule has 0 saturated heterocycles. The fourth-order valence-corrected chi connectivity index (χ4v) is 0.552. The number of hydrogen-bond acceptors (Lipinski definition) is 5. The number of nitrogens with two attached hydrogens (primary N) is 1. The lowest BCUT2D eigenvalue weighted by molar-refractivity contribution is -0.138. The van der Waals surface area contributed by atoms with Gasteiger partial charge in [-0.05, 0) is 6.92 Å². The Kier molecular flexibility index (Phi) is 4.15. The molecule has 0 aromatic rings. The highest BCUT2D eigenvalue weighted by Crippen LogP contribution is 2.03. The second kappa shape index (κ2) is 4.63. The van der Waals surface area contributed by atoms with Gasteiger partial charge in [0.2, 0.25) is 0 Å². The molecular weight excluding hydrogens is 164 g/mol. The largest absolute Gasteiger partial charge is 0.462 e. The van der Waals surface area contributed by atoms with Crippen molar-refractivity contribution in [2.24, 2.45) is 5.73 Å². The van der Waals surface area contributed by atoms with E-state index in [9.17, 15) is 4.79 Å². The minimum atomic E-state index is -0.734. The van der Waals surface area contributed by atoms with Crippen LogP contribution in [0, 0.1) is 11.3 Å². The maximum absolute atomic E-state index is 10.8. The van der Waals surface area contributed by atoms with Gasteiger partial charge >= 0.3 is 5.97 Å². The zero-order valence-corrected chi connectivity index (χ0v) is 6.89. The third kappa shape index (κ3) is 2.96. The number of carbonyl (C=O) groups is 1. The van der Waals surface area contributed by atoms with Gasteiger partial charge in [-0.15, -0.1) is 12.6 Å². The predicted molar refractivity (Wildman–Crippen MR) is 42.4 cm³/mol. The maximum Gasteiger partial charge on any atom is 0.351 e. The first-order valence-electron chi connectivity index (χ1n) is 2.89. The van der Waals surface area contributed by atoms with E-state index in [0.29, 0.717) is 0 Å². The van der Waals surface area contributed by atoms with Crippen molar-refractivity contribution >= 4 is 18.6 Å². The van der Waals surface area contributed by atoms with Gasteiger partial charge in [-0.2, -0.15) is 5.26 Å². The monoisotopic (exact) mass is 172 g/mol. The predicted octanol–water partition coefficient (Wildman–Crippen LogP) is 0.173. The first-order chi connectivity index (χ1) is 5.13. The van der Waals surface area contributed by atoms with Crippen LogP contribution < -0.4 is 5.73 Å². The van der Waals surface area contributed by atoms with Crippen LogP contribution in [0.25, 0.3) is 0 Å². The average molecular weight is 172 g/mol. The molecule has 0 atom stereocenters. The van der Waals surface area contributed by atoms with E-state index in [0.717, 1.165) is 0 Å². The molecule has 60 valence electrons. The van der Waals surface area contributed by atoms with E-state index in [-0.39, 0.29) is 17.2 Å². The Balaban J connectivity index is 4.45. The smallest absolute Gasteiger partial charge is 0.351 e. The van der Waals surface area contributed by atoms with Gasteiger partial charge in [-0.1, -0.05) is 0 Å². The Bertz CT molecular complexity index is 225. The molecule has 0 saturated carbocycles. The molecule has 4 nitrogen and oxygen atoms in total. The number of esters is 1. The Morgan fingerprint density at radius 3 is 2.64 bits per heavy atom. The summed E-state index contributed by atoms with van der Waals surface area (Å²) in [5.74, 6) is -0.734. The highest BCUT2D eigenvalue weighted by atomic mass is 32.1. The molecule has 0 aliphatic rings. The molecule has 5 heteroatoms. The standard InChI is InChI=1S/C6H8N2O2S/c1-2-10-6(9)4(3-7)5(8)11/h11H,2,8H2,1H3/b5-4+. The minimum absolute atomic E-state index is 0.119. The van der Waals surface area contributed by atoms with Gasteiger partial charge in [0.25, 0.3) is 0 Å². The van der Waals surface area contributed by atoms with Crippen molar-refractivity contribution in [3.8, 4) is 6.07 Å². The van der Waals surface area contributed by atoms with Crippen LogP contribution in [0.2, 0.25) is 0 Å². The lowest BCUT2D eigenvalue weighted by Crippen LogP contribution is -2.10. The van der Waals surface area contributed by atoms with Crippen molar-refractivity contribution in [2.75, 3.05) is 6.61 Å². The van der Waals surface area contributed by atoms with Gasteiger partial charge in [0.15, 0.2) is 5.57 Å². The zero-order valence-electron chi connectivity index (χ0n) is 6.00. The van der Waals surface area contributed by atoms with E-state index in [1.54, 1.807) is 13.0 Å². The van der Waals surface area contributed by atoms with E-state index in [2.05, 4.69) is 17.4 Å². The number of thiol groups is 1. The van der Waals surface area contributed by atoms with Crippen LogP contribution in [0.3, 0.4) is 0 Å². The summed E-state index contributed by atoms with van der Waals surface area (Å²) < 4.78 is 4.51. The number of rotatable bonds is 2. The normalized spacial score (nSPS) is 11.4. The van der Waals surface area contributed by atoms with Crippen LogP contribution in [0.4, 0.5) is 0 Å². The first kappa shape index (κ1) is 9.85. The van der Waals surface area contributed by atoms with Crippen LogP contribution in [0.5, 0.6) is 0 Å². The SMILES string of the molecule is CCOC(=O)/C(C#N)=C(\N)S. The number of nitrogens with zero attached hydrogens (tertiary/aromatic N) is 1. The quantitative estimate of drug-likeness (QED) is 0.269. The fourth-order valence-electron chi connectivity index (χ4n) is 0.411. The molecule has 0 spiro atoms. The van der Waals surface area contributed by atoms with Gasteiger partial charge in [0, 0.05) is 0 Å². The molecule has 0 fully saturated rings. The summed E-state index contributed by atoms with van der Waals surface area (Å²) in [5.41, 5.74) is 4.84. The summed E-state index contributed by atoms with van der Waals surface area (Å²) in [6, 6.07) is 1.59. The van der Waals surface area contributed by atoms with Crippen LogP contribution in [0.1, 0.15) is 6.92 Å². The molecule has 0 amide bonds. The van der Waals surface area contributed by atoms with Crippen LogP contribution >= 0.6 is 12.6 Å². The van der Waals surface area contributed by atoms with Gasteiger partial charge in [0.05, 0.1) is 11.6 Å². The molecule has 0 aliphatic carbocycles. The number of ether oxygens (including phenoxy) is 1. The number of carbonyl (C=O) groups excluding carboxylic acids is 1. The first-order valence-corrected chi connectivity index (χ1v) is 3.34. The lowest BCUT2D eigenvalue weighted by atomic mass is 10.3. The molecule has 0 heterocycles. The molecule has 0 unspecified atom stereocenters. The van der Waals surface area contributed by atoms with Crippen molar-refractivity contribution in [1.82, 2.24) is 0 Å². The van der Waals surface area contributed by atoms with Crippen molar-refractivity contribution < 1.29 is 9.53 Å². The topological polar surface area (TPSA) is 76.1 Å². The minimum Gasteiger partial charge on any atom is -0.462 e. The molecule has 0 aromatic carbocycles. The van der Waals surface area contributed by atoms with E-state index in [1.807, 2.05) is 0 Å². The van der Waals surface area contributed by atoms with Gasteiger partial charge in [-0.3, -0.25) is 0 Å². The van der Waals surface area contributed by atoms with Crippen molar-refractivity contribution in [1.29, 1.82) is 5.26 Å². The molecule has 0 radical (unpaired) electrons. The molecule has 2 N–H and O–H groups in total. The Morgan fingerprint density at radius 2 is 2.36 bits per heavy atom. The maximum atomic E-state index is 10.8. The summed E-state index contributed by atoms with van der Waals surface area (Å²) in [6.07, 6.45) is 0. The molecule has 0 aliphatic heterocycles. The Labute approximate surface area is 70.0 Å². The van der Waals surface area contributed by atoms with E-state index in [1.165, 1.54) is 0 Å². The third-order valence-corrected chi connectivity index (χ3v) is 1.07. The molecule has 0 rings (SSSR count). The van der Waals surface area contributed by atoms with Gasteiger partial charge in [-0.25, -0.2) is 4.79 Å². The summed E-state index contributed by atoms with van der Waals surface area (Å²) in [7, 11) is 0. The third-order valence-electron chi connectivity index (χ3n) is 0.848. The molecule has 0 bridgehead atoms. The van der Waals surface area contributed by atoms with E-state index in [4.69, 9.17) is 11.0 Å². The highest BCUT2D eigenvalue weighted by molar-refractivity contribution is 7.84. The summed E-state index contributed by atoms with van der Waals surface area (Å²) in [6.45, 7) is 1.85. The molecule has 0 aromatic heterocycles. The van der Waals surface area contributed by atoms with Crippen LogP contribution in [-0.2, 0) is 9.53 Å². The van der Waals surface area contributed by atoms with Crippen LogP contribution in [-0.4, -0.2) is 12.6 Å². The van der Waals surface area contributed by atoms with Gasteiger partial charge < -0.3 is 10.5 Å². The van der Waals surface area contributed by atoms with Gasteiger partial charge in [0.1, 0.15) is 6.07 Å². The highest BCUT2D eigenvalue weighted by Gasteiger charge is 2.11. The second-order valence-electron chi connectivity index (χ2n) is 1.59. The van der Waals surface area contributed by atoms with Crippen molar-refractivity contribution in [2.45, 2.75) is 6.92 Å². The Morgan fingerprint density at radius 1 is 1.82 bits per heavy atom. The fraction of sp³-hybridized carbons (Fsp3) is 0.333. The van der Waals surface area contributed by atoms with E-state index < -0.39 is 5.97 Å². The average Bonchev–Trinajstić information content (AvgIpc) is 1.88. The summed E-state index contributed by atoms with van der Waals surface area (Å²) in [5, 5.41) is 8.24. The second-order valence-corrected chi connectivity index (χ2v) is 2.07. The Hall–Kier alpha value is -1.15. The molecular formula is C6H8N2O2S. The number of nitriles is 1. The summed E-state index contributed by atoms with van der Waals surface area (Å²) >= 11 is 3.64. The van der Waals surface area contributed by atoms with Crippen molar-refractivity contribution in [3.05, 3.63) is 10.6 Å². The van der Waals surface area contributed by atoms with E-state index >= 15 is 0 Å². The molecule has 11 heavy (non-hydrogen) atoms. The zero-order chi connectivity index (χ0) is 8.85. The van der Waals surface area contributed by atoms with Crippen molar-refractivity contribution in [3.63, 3.8) is 0 Å². The summed E-state index contributed by atoms with van der Waals surface area (Å²) in [4.78, 5) is 10.8. The number of hydrogen-bond donors (Lipinski definition) is 2. The lowest BCUT2D eigenvalue weighted by Gasteiger charge is -1.99.